The number of aromatic nitrogens is 4. The van der Waals surface area contributed by atoms with Crippen molar-refractivity contribution in [2.45, 2.75) is 37.5 Å². The summed E-state index contributed by atoms with van der Waals surface area (Å²) in [5.41, 5.74) is 0.933. The van der Waals surface area contributed by atoms with Gasteiger partial charge >= 0.3 is 0 Å². The standard InChI is InChI=1S/C20H19Cl2N5O2/c21-14-3-5-15(6-4-14)27-20(28)17(22)16(11-23-27)26-9-7-12(8-10-26)18-24-19(29-25-18)13-1-2-13/h3-6,11-13H,1-2,7-10H2. The Morgan fingerprint density at radius 1 is 1.00 bits per heavy atom. The summed E-state index contributed by atoms with van der Waals surface area (Å²) in [5.74, 6) is 2.31. The van der Waals surface area contributed by atoms with Crippen LogP contribution in [0, 0.1) is 0 Å². The second kappa shape index (κ2) is 7.46. The molecule has 1 saturated carbocycles. The van der Waals surface area contributed by atoms with Crippen molar-refractivity contribution < 1.29 is 4.52 Å². The Bertz CT molecular complexity index is 1080. The van der Waals surface area contributed by atoms with Gasteiger partial charge in [0.15, 0.2) is 5.82 Å². The minimum Gasteiger partial charge on any atom is -0.369 e. The van der Waals surface area contributed by atoms with E-state index in [4.69, 9.17) is 27.7 Å². The highest BCUT2D eigenvalue weighted by molar-refractivity contribution is 6.33. The average Bonchev–Trinajstić information content (AvgIpc) is 3.48. The Morgan fingerprint density at radius 2 is 1.72 bits per heavy atom. The Morgan fingerprint density at radius 3 is 2.41 bits per heavy atom. The van der Waals surface area contributed by atoms with Gasteiger partial charge in [-0.05, 0) is 49.9 Å². The number of benzene rings is 1. The lowest BCUT2D eigenvalue weighted by Gasteiger charge is -2.32. The first-order valence-corrected chi connectivity index (χ1v) is 10.5. The monoisotopic (exact) mass is 431 g/mol. The highest BCUT2D eigenvalue weighted by atomic mass is 35.5. The lowest BCUT2D eigenvalue weighted by atomic mass is 9.96. The molecule has 29 heavy (non-hydrogen) atoms. The molecule has 1 saturated heterocycles. The summed E-state index contributed by atoms with van der Waals surface area (Å²) >= 11 is 12.3. The molecule has 7 nitrogen and oxygen atoms in total. The maximum Gasteiger partial charge on any atom is 0.292 e. The minimum absolute atomic E-state index is 0.170. The molecule has 1 aliphatic carbocycles. The highest BCUT2D eigenvalue weighted by Gasteiger charge is 2.32. The molecule has 9 heteroatoms. The van der Waals surface area contributed by atoms with Crippen LogP contribution in [0.25, 0.3) is 5.69 Å². The van der Waals surface area contributed by atoms with E-state index in [0.717, 1.165) is 50.5 Å². The molecular weight excluding hydrogens is 413 g/mol. The third kappa shape index (κ3) is 3.65. The molecule has 1 aromatic carbocycles. The third-order valence-electron chi connectivity index (χ3n) is 5.56. The van der Waals surface area contributed by atoms with E-state index in [2.05, 4.69) is 20.1 Å². The number of hydrogen-bond donors (Lipinski definition) is 0. The molecule has 150 valence electrons. The predicted molar refractivity (Wildman–Crippen MR) is 110 cm³/mol. The molecule has 2 aromatic heterocycles. The molecule has 0 radical (unpaired) electrons. The van der Waals surface area contributed by atoms with E-state index < -0.39 is 0 Å². The van der Waals surface area contributed by atoms with Gasteiger partial charge in [0, 0.05) is 29.9 Å². The second-order valence-electron chi connectivity index (χ2n) is 7.56. The predicted octanol–water partition coefficient (Wildman–Crippen LogP) is 4.18. The van der Waals surface area contributed by atoms with Crippen LogP contribution in [0.3, 0.4) is 0 Å². The zero-order valence-electron chi connectivity index (χ0n) is 15.6. The van der Waals surface area contributed by atoms with Crippen molar-refractivity contribution in [1.29, 1.82) is 0 Å². The molecule has 0 amide bonds. The maximum absolute atomic E-state index is 12.8. The highest BCUT2D eigenvalue weighted by Crippen LogP contribution is 2.40. The average molecular weight is 432 g/mol. The number of rotatable bonds is 4. The molecule has 0 atom stereocenters. The van der Waals surface area contributed by atoms with E-state index in [-0.39, 0.29) is 16.5 Å². The normalized spacial score (nSPS) is 17.7. The van der Waals surface area contributed by atoms with Gasteiger partial charge in [-0.2, -0.15) is 14.8 Å². The van der Waals surface area contributed by atoms with Gasteiger partial charge in [-0.15, -0.1) is 0 Å². The Balaban J connectivity index is 1.32. The first kappa shape index (κ1) is 18.6. The summed E-state index contributed by atoms with van der Waals surface area (Å²) in [6, 6.07) is 6.90. The van der Waals surface area contributed by atoms with Crippen LogP contribution >= 0.6 is 23.2 Å². The molecule has 0 spiro atoms. The van der Waals surface area contributed by atoms with E-state index in [1.165, 1.54) is 4.68 Å². The van der Waals surface area contributed by atoms with Crippen LogP contribution in [-0.2, 0) is 0 Å². The van der Waals surface area contributed by atoms with Crippen LogP contribution in [0.4, 0.5) is 5.69 Å². The molecule has 2 aliphatic rings. The van der Waals surface area contributed by atoms with Crippen molar-refractivity contribution in [1.82, 2.24) is 19.9 Å². The zero-order chi connectivity index (χ0) is 20.0. The summed E-state index contributed by atoms with van der Waals surface area (Å²) in [7, 11) is 0. The minimum atomic E-state index is -0.346. The summed E-state index contributed by atoms with van der Waals surface area (Å²) in [5, 5.41) is 9.26. The SMILES string of the molecule is O=c1c(Cl)c(N2CCC(c3noc(C4CC4)n3)CC2)cnn1-c1ccc(Cl)cc1. The van der Waals surface area contributed by atoms with E-state index in [9.17, 15) is 4.79 Å². The summed E-state index contributed by atoms with van der Waals surface area (Å²) in [6.07, 6.45) is 5.69. The number of halogens is 2. The molecule has 3 heterocycles. The van der Waals surface area contributed by atoms with Crippen LogP contribution in [0.5, 0.6) is 0 Å². The number of nitrogens with zero attached hydrogens (tertiary/aromatic N) is 5. The van der Waals surface area contributed by atoms with E-state index in [1.54, 1.807) is 30.5 Å². The molecule has 0 unspecified atom stereocenters. The second-order valence-corrected chi connectivity index (χ2v) is 8.38. The zero-order valence-corrected chi connectivity index (χ0v) is 17.1. The molecule has 3 aromatic rings. The fourth-order valence-corrected chi connectivity index (χ4v) is 4.07. The van der Waals surface area contributed by atoms with Gasteiger partial charge in [-0.1, -0.05) is 28.4 Å². The third-order valence-corrected chi connectivity index (χ3v) is 6.16. The summed E-state index contributed by atoms with van der Waals surface area (Å²) in [4.78, 5) is 19.4. The quantitative estimate of drug-likeness (QED) is 0.616. The fraction of sp³-hybridized carbons (Fsp3) is 0.400. The fourth-order valence-electron chi connectivity index (χ4n) is 3.70. The lowest BCUT2D eigenvalue weighted by Crippen LogP contribution is -2.35. The lowest BCUT2D eigenvalue weighted by molar-refractivity contribution is 0.365. The van der Waals surface area contributed by atoms with Gasteiger partial charge in [-0.3, -0.25) is 4.79 Å². The Hall–Kier alpha value is -2.38. The van der Waals surface area contributed by atoms with Crippen LogP contribution in [0.15, 0.2) is 39.8 Å². The number of hydrogen-bond acceptors (Lipinski definition) is 6. The molecule has 0 bridgehead atoms. The van der Waals surface area contributed by atoms with Crippen molar-refractivity contribution in [3.05, 3.63) is 62.6 Å². The smallest absolute Gasteiger partial charge is 0.292 e. The number of piperidine rings is 1. The summed E-state index contributed by atoms with van der Waals surface area (Å²) < 4.78 is 6.68. The molecule has 1 aliphatic heterocycles. The number of anilines is 1. The van der Waals surface area contributed by atoms with Crippen molar-refractivity contribution >= 4 is 28.9 Å². The van der Waals surface area contributed by atoms with Crippen molar-refractivity contribution in [3.63, 3.8) is 0 Å². The maximum atomic E-state index is 12.8. The molecular formula is C20H19Cl2N5O2. The van der Waals surface area contributed by atoms with Gasteiger partial charge < -0.3 is 9.42 Å². The summed E-state index contributed by atoms with van der Waals surface area (Å²) in [6.45, 7) is 1.51. The van der Waals surface area contributed by atoms with E-state index >= 15 is 0 Å². The van der Waals surface area contributed by atoms with Crippen LogP contribution in [-0.4, -0.2) is 33.0 Å². The van der Waals surface area contributed by atoms with Gasteiger partial charge in [0.05, 0.1) is 17.6 Å². The van der Waals surface area contributed by atoms with Crippen LogP contribution in [0.2, 0.25) is 10.0 Å². The van der Waals surface area contributed by atoms with Gasteiger partial charge in [0.2, 0.25) is 5.89 Å². The first-order chi connectivity index (χ1) is 14.1. The molecule has 2 fully saturated rings. The van der Waals surface area contributed by atoms with Crippen molar-refractivity contribution in [3.8, 4) is 5.69 Å². The van der Waals surface area contributed by atoms with E-state index in [1.807, 2.05) is 0 Å². The van der Waals surface area contributed by atoms with E-state index in [0.29, 0.717) is 22.3 Å². The van der Waals surface area contributed by atoms with Gasteiger partial charge in [0.1, 0.15) is 5.02 Å². The first-order valence-electron chi connectivity index (χ1n) is 9.72. The topological polar surface area (TPSA) is 77.1 Å². The Labute approximate surface area is 177 Å². The van der Waals surface area contributed by atoms with Crippen molar-refractivity contribution in [2.75, 3.05) is 18.0 Å². The van der Waals surface area contributed by atoms with Crippen molar-refractivity contribution in [2.24, 2.45) is 0 Å². The Kier molecular flexibility index (Phi) is 4.80. The molecule has 5 rings (SSSR count). The largest absolute Gasteiger partial charge is 0.369 e. The van der Waals surface area contributed by atoms with Crippen LogP contribution < -0.4 is 10.5 Å². The van der Waals surface area contributed by atoms with Gasteiger partial charge in [-0.25, -0.2) is 0 Å². The molecule has 0 N–H and O–H groups in total. The van der Waals surface area contributed by atoms with Crippen LogP contribution in [0.1, 0.15) is 49.2 Å². The van der Waals surface area contributed by atoms with Gasteiger partial charge in [0.25, 0.3) is 5.56 Å².